The van der Waals surface area contributed by atoms with Crippen molar-refractivity contribution in [1.82, 2.24) is 0 Å². The zero-order chi connectivity index (χ0) is 12.2. The summed E-state index contributed by atoms with van der Waals surface area (Å²) in [5.74, 6) is 0. The van der Waals surface area contributed by atoms with Crippen molar-refractivity contribution in [2.75, 3.05) is 0 Å². The third-order valence-electron chi connectivity index (χ3n) is 2.12. The van der Waals surface area contributed by atoms with E-state index in [1.165, 1.54) is 5.56 Å². The Hall–Kier alpha value is -0.573. The summed E-state index contributed by atoms with van der Waals surface area (Å²) < 4.78 is 6.13. The first kappa shape index (κ1) is 13.5. The lowest BCUT2D eigenvalue weighted by Gasteiger charge is -2.26. The Balaban J connectivity index is 2.84. The lowest BCUT2D eigenvalue weighted by molar-refractivity contribution is 0.201. The van der Waals surface area contributed by atoms with Crippen LogP contribution in [0.2, 0.25) is 24.7 Å². The maximum absolute atomic E-state index is 6.13. The van der Waals surface area contributed by atoms with Crippen LogP contribution in [-0.4, -0.2) is 8.32 Å². The molecule has 1 aromatic rings. The molecule has 0 aliphatic rings. The first-order chi connectivity index (χ1) is 7.42. The number of hydrogen-bond acceptors (Lipinski definition) is 1. The van der Waals surface area contributed by atoms with Gasteiger partial charge in [-0.1, -0.05) is 29.8 Å². The molecule has 0 spiro atoms. The van der Waals surface area contributed by atoms with Crippen LogP contribution in [0.15, 0.2) is 36.9 Å². The zero-order valence-corrected chi connectivity index (χ0v) is 11.9. The lowest BCUT2D eigenvalue weighted by Crippen LogP contribution is -2.27. The second kappa shape index (κ2) is 5.67. The van der Waals surface area contributed by atoms with E-state index in [-0.39, 0.29) is 6.10 Å². The van der Waals surface area contributed by atoms with Crippen molar-refractivity contribution in [1.29, 1.82) is 0 Å². The van der Waals surface area contributed by atoms with Crippen molar-refractivity contribution < 1.29 is 4.43 Å². The minimum Gasteiger partial charge on any atom is -0.410 e. The van der Waals surface area contributed by atoms with Crippen LogP contribution in [0, 0.1) is 0 Å². The maximum Gasteiger partial charge on any atom is 0.184 e. The van der Waals surface area contributed by atoms with Crippen LogP contribution in [0.4, 0.5) is 0 Å². The SMILES string of the molecule is C=CC[C@@H](O[Si](C)(C)C)c1ccc(Cl)cc1. The van der Waals surface area contributed by atoms with Gasteiger partial charge < -0.3 is 4.43 Å². The van der Waals surface area contributed by atoms with E-state index in [4.69, 9.17) is 16.0 Å². The van der Waals surface area contributed by atoms with Crippen LogP contribution in [0.1, 0.15) is 18.1 Å². The van der Waals surface area contributed by atoms with E-state index in [0.717, 1.165) is 11.4 Å². The molecule has 0 aliphatic heterocycles. The molecule has 16 heavy (non-hydrogen) atoms. The summed E-state index contributed by atoms with van der Waals surface area (Å²) in [6, 6.07) is 7.86. The number of halogens is 1. The zero-order valence-electron chi connectivity index (χ0n) is 10.2. The van der Waals surface area contributed by atoms with Gasteiger partial charge in [-0.2, -0.15) is 0 Å². The van der Waals surface area contributed by atoms with Crippen LogP contribution in [0.5, 0.6) is 0 Å². The third kappa shape index (κ3) is 4.52. The van der Waals surface area contributed by atoms with Gasteiger partial charge in [0.1, 0.15) is 0 Å². The van der Waals surface area contributed by atoms with Gasteiger partial charge in [0, 0.05) is 5.02 Å². The third-order valence-corrected chi connectivity index (χ3v) is 3.36. The summed E-state index contributed by atoms with van der Waals surface area (Å²) in [7, 11) is -1.53. The molecule has 0 heterocycles. The van der Waals surface area contributed by atoms with Gasteiger partial charge in [0.25, 0.3) is 0 Å². The highest BCUT2D eigenvalue weighted by Gasteiger charge is 2.21. The van der Waals surface area contributed by atoms with Crippen LogP contribution in [0.25, 0.3) is 0 Å². The molecule has 1 nitrogen and oxygen atoms in total. The smallest absolute Gasteiger partial charge is 0.184 e. The van der Waals surface area contributed by atoms with Gasteiger partial charge in [-0.25, -0.2) is 0 Å². The second-order valence-corrected chi connectivity index (χ2v) is 9.69. The second-order valence-electron chi connectivity index (χ2n) is 4.79. The van der Waals surface area contributed by atoms with Gasteiger partial charge in [-0.05, 0) is 43.8 Å². The highest BCUT2D eigenvalue weighted by atomic mass is 35.5. The summed E-state index contributed by atoms with van der Waals surface area (Å²) >= 11 is 5.87. The quantitative estimate of drug-likeness (QED) is 0.541. The van der Waals surface area contributed by atoms with Gasteiger partial charge in [0.15, 0.2) is 8.32 Å². The van der Waals surface area contributed by atoms with Crippen LogP contribution < -0.4 is 0 Å². The van der Waals surface area contributed by atoms with E-state index in [9.17, 15) is 0 Å². The molecule has 0 N–H and O–H groups in total. The molecule has 1 rings (SSSR count). The van der Waals surface area contributed by atoms with Crippen molar-refractivity contribution in [3.8, 4) is 0 Å². The van der Waals surface area contributed by atoms with Crippen molar-refractivity contribution in [2.45, 2.75) is 32.2 Å². The molecule has 0 aromatic heterocycles. The summed E-state index contributed by atoms with van der Waals surface area (Å²) in [6.07, 6.45) is 2.85. The van der Waals surface area contributed by atoms with E-state index < -0.39 is 8.32 Å². The first-order valence-electron chi connectivity index (χ1n) is 5.46. The monoisotopic (exact) mass is 254 g/mol. The molecule has 3 heteroatoms. The van der Waals surface area contributed by atoms with Gasteiger partial charge in [-0.15, -0.1) is 6.58 Å². The highest BCUT2D eigenvalue weighted by Crippen LogP contribution is 2.26. The predicted octanol–water partition coefficient (Wildman–Crippen LogP) is 4.81. The van der Waals surface area contributed by atoms with Crippen LogP contribution in [0.3, 0.4) is 0 Å². The molecule has 1 aromatic carbocycles. The molecule has 88 valence electrons. The van der Waals surface area contributed by atoms with Crippen molar-refractivity contribution in [2.24, 2.45) is 0 Å². The van der Waals surface area contributed by atoms with Crippen LogP contribution in [-0.2, 0) is 4.43 Å². The number of rotatable bonds is 5. The minimum absolute atomic E-state index is 0.112. The Kier molecular flexibility index (Phi) is 4.78. The normalized spacial score (nSPS) is 13.5. The molecule has 0 saturated heterocycles. The largest absolute Gasteiger partial charge is 0.410 e. The first-order valence-corrected chi connectivity index (χ1v) is 9.25. The van der Waals surface area contributed by atoms with Crippen molar-refractivity contribution in [3.05, 3.63) is 47.5 Å². The minimum atomic E-state index is -1.53. The number of benzene rings is 1. The van der Waals surface area contributed by atoms with Crippen LogP contribution >= 0.6 is 11.6 Å². The summed E-state index contributed by atoms with van der Waals surface area (Å²) in [6.45, 7) is 10.4. The van der Waals surface area contributed by atoms with E-state index in [0.29, 0.717) is 0 Å². The lowest BCUT2D eigenvalue weighted by atomic mass is 10.1. The van der Waals surface area contributed by atoms with Crippen molar-refractivity contribution in [3.63, 3.8) is 0 Å². The Labute approximate surface area is 104 Å². The molecule has 0 unspecified atom stereocenters. The molecular formula is C13H19ClOSi. The predicted molar refractivity (Wildman–Crippen MR) is 73.4 cm³/mol. The Morgan fingerprint density at radius 3 is 2.31 bits per heavy atom. The van der Waals surface area contributed by atoms with Gasteiger partial charge in [-0.3, -0.25) is 0 Å². The molecule has 0 saturated carbocycles. The molecular weight excluding hydrogens is 236 g/mol. The molecule has 0 bridgehead atoms. The van der Waals surface area contributed by atoms with E-state index >= 15 is 0 Å². The molecule has 1 atom stereocenters. The Morgan fingerprint density at radius 2 is 1.88 bits per heavy atom. The summed E-state index contributed by atoms with van der Waals surface area (Å²) in [5, 5.41) is 0.758. The topological polar surface area (TPSA) is 9.23 Å². The highest BCUT2D eigenvalue weighted by molar-refractivity contribution is 6.69. The molecule has 0 radical (unpaired) electrons. The maximum atomic E-state index is 6.13. The number of hydrogen-bond donors (Lipinski definition) is 0. The Morgan fingerprint density at radius 1 is 1.31 bits per heavy atom. The van der Waals surface area contributed by atoms with Gasteiger partial charge in [0.2, 0.25) is 0 Å². The fraction of sp³-hybridized carbons (Fsp3) is 0.385. The molecule has 0 amide bonds. The Bertz CT molecular complexity index is 340. The van der Waals surface area contributed by atoms with E-state index in [2.05, 4.69) is 26.2 Å². The van der Waals surface area contributed by atoms with E-state index in [1.54, 1.807) is 0 Å². The average Bonchev–Trinajstić information content (AvgIpc) is 2.16. The summed E-state index contributed by atoms with van der Waals surface area (Å²) in [5.41, 5.74) is 1.17. The molecule has 0 aliphatic carbocycles. The summed E-state index contributed by atoms with van der Waals surface area (Å²) in [4.78, 5) is 0. The van der Waals surface area contributed by atoms with Gasteiger partial charge >= 0.3 is 0 Å². The van der Waals surface area contributed by atoms with Gasteiger partial charge in [0.05, 0.1) is 6.10 Å². The molecule has 0 fully saturated rings. The average molecular weight is 255 g/mol. The van der Waals surface area contributed by atoms with Crippen molar-refractivity contribution >= 4 is 19.9 Å². The van der Waals surface area contributed by atoms with E-state index in [1.807, 2.05) is 30.3 Å². The standard InChI is InChI=1S/C13H19ClOSi/c1-5-6-13(15-16(2,3)4)11-7-9-12(14)10-8-11/h5,7-10,13H,1,6H2,2-4H3/t13-/m1/s1. The fourth-order valence-electron chi connectivity index (χ4n) is 1.51. The fourth-order valence-corrected chi connectivity index (χ4v) is 2.72.